The van der Waals surface area contributed by atoms with E-state index in [2.05, 4.69) is 17.2 Å². The monoisotopic (exact) mass is 266 g/mol. The third-order valence-corrected chi connectivity index (χ3v) is 4.14. The molecule has 19 heavy (non-hydrogen) atoms. The molecule has 1 heterocycles. The summed E-state index contributed by atoms with van der Waals surface area (Å²) in [5.41, 5.74) is 7.27. The average Bonchev–Trinajstić information content (AvgIpc) is 2.65. The van der Waals surface area contributed by atoms with Crippen molar-refractivity contribution in [3.05, 3.63) is 11.9 Å². The molecule has 0 saturated heterocycles. The molecule has 0 bridgehead atoms. The summed E-state index contributed by atoms with van der Waals surface area (Å²) in [6.45, 7) is 2.79. The first kappa shape index (κ1) is 14.5. The summed E-state index contributed by atoms with van der Waals surface area (Å²) in [7, 11) is 1.88. The molecule has 0 aliphatic heterocycles. The van der Waals surface area contributed by atoms with Gasteiger partial charge in [-0.05, 0) is 19.8 Å². The predicted octanol–water partition coefficient (Wildman–Crippen LogP) is 1.81. The van der Waals surface area contributed by atoms with E-state index >= 15 is 0 Å². The zero-order valence-electron chi connectivity index (χ0n) is 12.1. The van der Waals surface area contributed by atoms with E-state index in [1.165, 1.54) is 25.7 Å². The molecule has 5 nitrogen and oxygen atoms in total. The van der Waals surface area contributed by atoms with Gasteiger partial charge in [-0.3, -0.25) is 4.68 Å². The van der Waals surface area contributed by atoms with Crippen molar-refractivity contribution >= 4 is 0 Å². The van der Waals surface area contributed by atoms with Crippen LogP contribution in [-0.4, -0.2) is 33.2 Å². The van der Waals surface area contributed by atoms with Gasteiger partial charge in [-0.15, -0.1) is 5.10 Å². The van der Waals surface area contributed by atoms with Crippen LogP contribution in [0.15, 0.2) is 6.20 Å². The maximum absolute atomic E-state index is 6.48. The van der Waals surface area contributed by atoms with Crippen molar-refractivity contribution in [1.82, 2.24) is 15.0 Å². The van der Waals surface area contributed by atoms with E-state index in [-0.39, 0.29) is 11.6 Å². The molecular formula is C14H26N4O. The average molecular weight is 266 g/mol. The molecule has 1 aromatic rings. The van der Waals surface area contributed by atoms with Crippen LogP contribution in [0.25, 0.3) is 0 Å². The molecule has 1 saturated carbocycles. The van der Waals surface area contributed by atoms with Crippen molar-refractivity contribution in [2.75, 3.05) is 6.61 Å². The third-order valence-electron chi connectivity index (χ3n) is 4.14. The van der Waals surface area contributed by atoms with Crippen molar-refractivity contribution in [2.24, 2.45) is 12.8 Å². The van der Waals surface area contributed by atoms with Crippen molar-refractivity contribution in [1.29, 1.82) is 0 Å². The number of nitrogens with two attached hydrogens (primary N) is 1. The van der Waals surface area contributed by atoms with Gasteiger partial charge in [0.1, 0.15) is 0 Å². The minimum atomic E-state index is -0.164. The van der Waals surface area contributed by atoms with Gasteiger partial charge in [-0.25, -0.2) is 0 Å². The Labute approximate surface area is 115 Å². The molecule has 0 amide bonds. The van der Waals surface area contributed by atoms with Crippen LogP contribution in [0.3, 0.4) is 0 Å². The lowest BCUT2D eigenvalue weighted by Crippen LogP contribution is -2.51. The number of aryl methyl sites for hydroxylation is 1. The third kappa shape index (κ3) is 3.54. The van der Waals surface area contributed by atoms with Crippen LogP contribution in [0.1, 0.15) is 51.1 Å². The second-order valence-electron chi connectivity index (χ2n) is 5.61. The van der Waals surface area contributed by atoms with Crippen molar-refractivity contribution in [3.63, 3.8) is 0 Å². The van der Waals surface area contributed by atoms with E-state index in [9.17, 15) is 0 Å². The van der Waals surface area contributed by atoms with Crippen LogP contribution < -0.4 is 5.73 Å². The van der Waals surface area contributed by atoms with Crippen molar-refractivity contribution < 1.29 is 4.74 Å². The number of ether oxygens (including phenoxy) is 1. The van der Waals surface area contributed by atoms with Gasteiger partial charge in [0.15, 0.2) is 0 Å². The standard InChI is InChI=1S/C14H26N4O/c1-3-19-14(8-6-4-5-7-9-14)13(15)10-12-11-18(2)17-16-12/h11,13H,3-10,15H2,1-2H3. The summed E-state index contributed by atoms with van der Waals surface area (Å²) < 4.78 is 7.84. The molecule has 5 heteroatoms. The highest BCUT2D eigenvalue weighted by Gasteiger charge is 2.38. The SMILES string of the molecule is CCOC1(C(N)Cc2cn(C)nn2)CCCCCC1. The number of hydrogen-bond donors (Lipinski definition) is 1. The summed E-state index contributed by atoms with van der Waals surface area (Å²) in [6.07, 6.45) is 9.86. The Morgan fingerprint density at radius 2 is 2.05 bits per heavy atom. The zero-order chi connectivity index (χ0) is 13.7. The minimum absolute atomic E-state index is 0.00208. The van der Waals surface area contributed by atoms with Crippen LogP contribution in [0.4, 0.5) is 0 Å². The largest absolute Gasteiger partial charge is 0.374 e. The van der Waals surface area contributed by atoms with Gasteiger partial charge in [0.25, 0.3) is 0 Å². The molecule has 108 valence electrons. The fraction of sp³-hybridized carbons (Fsp3) is 0.857. The van der Waals surface area contributed by atoms with Crippen LogP contribution in [0.5, 0.6) is 0 Å². The molecule has 1 atom stereocenters. The summed E-state index contributed by atoms with van der Waals surface area (Å²) in [6, 6.07) is 0.00208. The molecule has 0 aromatic carbocycles. The Balaban J connectivity index is 2.08. The Morgan fingerprint density at radius 1 is 1.37 bits per heavy atom. The second-order valence-corrected chi connectivity index (χ2v) is 5.61. The first-order valence-electron chi connectivity index (χ1n) is 7.41. The zero-order valence-corrected chi connectivity index (χ0v) is 12.1. The summed E-state index contributed by atoms with van der Waals surface area (Å²) >= 11 is 0. The molecule has 0 spiro atoms. The fourth-order valence-electron chi connectivity index (χ4n) is 3.14. The molecule has 2 N–H and O–H groups in total. The first-order valence-corrected chi connectivity index (χ1v) is 7.41. The minimum Gasteiger partial charge on any atom is -0.374 e. The lowest BCUT2D eigenvalue weighted by molar-refractivity contribution is -0.0685. The maximum atomic E-state index is 6.48. The highest BCUT2D eigenvalue weighted by atomic mass is 16.5. The van der Waals surface area contributed by atoms with Crippen LogP contribution >= 0.6 is 0 Å². The van der Waals surface area contributed by atoms with E-state index in [0.717, 1.165) is 31.6 Å². The van der Waals surface area contributed by atoms with Gasteiger partial charge in [0, 0.05) is 32.3 Å². The van der Waals surface area contributed by atoms with Gasteiger partial charge in [-0.2, -0.15) is 0 Å². The molecule has 1 aliphatic rings. The number of nitrogens with zero attached hydrogens (tertiary/aromatic N) is 3. The first-order chi connectivity index (χ1) is 9.16. The van der Waals surface area contributed by atoms with E-state index in [1.54, 1.807) is 4.68 Å². The fourth-order valence-corrected chi connectivity index (χ4v) is 3.14. The van der Waals surface area contributed by atoms with Gasteiger partial charge in [-0.1, -0.05) is 30.9 Å². The Morgan fingerprint density at radius 3 is 2.58 bits per heavy atom. The Bertz CT molecular complexity index is 383. The smallest absolute Gasteiger partial charge is 0.0843 e. The molecule has 1 fully saturated rings. The highest BCUT2D eigenvalue weighted by Crippen LogP contribution is 2.33. The maximum Gasteiger partial charge on any atom is 0.0843 e. The number of hydrogen-bond acceptors (Lipinski definition) is 4. The van der Waals surface area contributed by atoms with Gasteiger partial charge in [0.2, 0.25) is 0 Å². The molecule has 0 radical (unpaired) electrons. The highest BCUT2D eigenvalue weighted by molar-refractivity contribution is 5.02. The molecule has 1 aromatic heterocycles. The van der Waals surface area contributed by atoms with Gasteiger partial charge < -0.3 is 10.5 Å². The normalized spacial score (nSPS) is 21.0. The Hall–Kier alpha value is -0.940. The van der Waals surface area contributed by atoms with Gasteiger partial charge in [0.05, 0.1) is 11.3 Å². The van der Waals surface area contributed by atoms with Crippen molar-refractivity contribution in [3.8, 4) is 0 Å². The predicted molar refractivity (Wildman–Crippen MR) is 74.7 cm³/mol. The lowest BCUT2D eigenvalue weighted by atomic mass is 9.84. The lowest BCUT2D eigenvalue weighted by Gasteiger charge is -2.38. The molecule has 1 unspecified atom stereocenters. The van der Waals surface area contributed by atoms with Crippen LogP contribution in [-0.2, 0) is 18.2 Å². The topological polar surface area (TPSA) is 66.0 Å². The van der Waals surface area contributed by atoms with E-state index < -0.39 is 0 Å². The van der Waals surface area contributed by atoms with E-state index in [1.807, 2.05) is 13.2 Å². The summed E-state index contributed by atoms with van der Waals surface area (Å²) in [4.78, 5) is 0. The molecule has 2 rings (SSSR count). The van der Waals surface area contributed by atoms with Crippen LogP contribution in [0.2, 0.25) is 0 Å². The van der Waals surface area contributed by atoms with Crippen molar-refractivity contribution in [2.45, 2.75) is 63.5 Å². The molecular weight excluding hydrogens is 240 g/mol. The van der Waals surface area contributed by atoms with E-state index in [0.29, 0.717) is 0 Å². The summed E-state index contributed by atoms with van der Waals surface area (Å²) in [5.74, 6) is 0. The number of aromatic nitrogens is 3. The number of rotatable bonds is 5. The Kier molecular flexibility index (Phi) is 4.93. The quantitative estimate of drug-likeness (QED) is 0.826. The summed E-state index contributed by atoms with van der Waals surface area (Å²) in [5, 5.41) is 8.12. The second kappa shape index (κ2) is 6.48. The van der Waals surface area contributed by atoms with Crippen LogP contribution in [0, 0.1) is 0 Å². The van der Waals surface area contributed by atoms with Gasteiger partial charge >= 0.3 is 0 Å². The van der Waals surface area contributed by atoms with E-state index in [4.69, 9.17) is 10.5 Å². The molecule has 1 aliphatic carbocycles.